The van der Waals surface area contributed by atoms with Crippen molar-refractivity contribution in [2.24, 2.45) is 0 Å². The number of ether oxygens (including phenoxy) is 3. The third kappa shape index (κ3) is 15.3. The molecule has 0 aromatic carbocycles. The number of rotatable bonds is 23. The Kier molecular flexibility index (Phi) is 17.1. The summed E-state index contributed by atoms with van der Waals surface area (Å²) in [6, 6.07) is -1.01. The maximum atomic E-state index is 12.3. The van der Waals surface area contributed by atoms with Gasteiger partial charge >= 0.3 is 12.0 Å². The molecule has 7 N–H and O–H groups in total. The van der Waals surface area contributed by atoms with Gasteiger partial charge in [-0.3, -0.25) is 14.4 Å². The number of carbonyl (C=O) groups is 4. The Hall–Kier alpha value is -2.62. The van der Waals surface area contributed by atoms with E-state index in [9.17, 15) is 29.1 Å². The van der Waals surface area contributed by atoms with E-state index in [0.29, 0.717) is 70.8 Å². The van der Waals surface area contributed by atoms with Crippen molar-refractivity contribution in [3.8, 4) is 0 Å². The Morgan fingerprint density at radius 1 is 0.951 bits per heavy atom. The van der Waals surface area contributed by atoms with Crippen molar-refractivity contribution >= 4 is 41.5 Å². The van der Waals surface area contributed by atoms with Gasteiger partial charge in [-0.1, -0.05) is 6.42 Å². The fourth-order valence-corrected chi connectivity index (χ4v) is 5.93. The van der Waals surface area contributed by atoms with E-state index in [4.69, 9.17) is 14.2 Å². The summed E-state index contributed by atoms with van der Waals surface area (Å²) in [5, 5.41) is 23.6. The largest absolute Gasteiger partial charge is 0.504 e. The Morgan fingerprint density at radius 2 is 1.59 bits per heavy atom. The molecule has 0 aliphatic carbocycles. The fourth-order valence-electron chi connectivity index (χ4n) is 4.39. The topological polar surface area (TPSA) is 198 Å². The van der Waals surface area contributed by atoms with Crippen molar-refractivity contribution < 1.29 is 43.3 Å². The van der Waals surface area contributed by atoms with E-state index in [0.717, 1.165) is 25.0 Å². The minimum atomic E-state index is -1.18. The number of hydrogen-bond donors (Lipinski definition) is 6. The molecule has 0 saturated carbocycles. The predicted octanol–water partition coefficient (Wildman–Crippen LogP) is -0.270. The number of amides is 5. The number of aliphatic hydroxyl groups excluding tert-OH is 1. The van der Waals surface area contributed by atoms with Gasteiger partial charge < -0.3 is 50.7 Å². The second-order valence-electron chi connectivity index (χ2n) is 9.93. The molecule has 2 rings (SSSR count). The molecule has 14 nitrogen and oxygen atoms in total. The quantitative estimate of drug-likeness (QED) is 0.0516. The first-order valence-corrected chi connectivity index (χ1v) is 15.3. The number of carboxylic acids is 1. The van der Waals surface area contributed by atoms with Crippen molar-refractivity contribution in [3.63, 3.8) is 0 Å². The second-order valence-corrected chi connectivity index (χ2v) is 11.2. The van der Waals surface area contributed by atoms with E-state index in [-0.39, 0.29) is 42.8 Å². The van der Waals surface area contributed by atoms with Gasteiger partial charge in [-0.25, -0.2) is 4.79 Å². The second kappa shape index (κ2) is 20.3. The summed E-state index contributed by atoms with van der Waals surface area (Å²) >= 11 is 1.82. The van der Waals surface area contributed by atoms with Gasteiger partial charge in [-0.15, -0.1) is 0 Å². The molecule has 234 valence electrons. The van der Waals surface area contributed by atoms with Crippen molar-refractivity contribution in [3.05, 3.63) is 0 Å². The molecule has 2 aliphatic rings. The van der Waals surface area contributed by atoms with Crippen molar-refractivity contribution in [2.75, 3.05) is 58.5 Å². The van der Waals surface area contributed by atoms with Crippen LogP contribution in [0, 0.1) is 0 Å². The maximum absolute atomic E-state index is 12.3. The number of nitrogens with one attached hydrogen (secondary N) is 5. The summed E-state index contributed by atoms with van der Waals surface area (Å²) in [6.07, 6.45) is 3.52. The van der Waals surface area contributed by atoms with Gasteiger partial charge in [0.2, 0.25) is 17.7 Å². The molecule has 2 heterocycles. The first-order chi connectivity index (χ1) is 19.8. The van der Waals surface area contributed by atoms with Crippen molar-refractivity contribution in [2.45, 2.75) is 75.2 Å². The third-order valence-electron chi connectivity index (χ3n) is 6.49. The molecule has 0 bridgehead atoms. The zero-order chi connectivity index (χ0) is 29.9. The van der Waals surface area contributed by atoms with Crippen LogP contribution in [0.3, 0.4) is 0 Å². The van der Waals surface area contributed by atoms with Gasteiger partial charge in [-0.05, 0) is 25.7 Å². The number of carbonyl (C=O) groups excluding carboxylic acids is 4. The average Bonchev–Trinajstić information content (AvgIpc) is 3.47. The summed E-state index contributed by atoms with van der Waals surface area (Å²) in [5.74, 6) is -0.962. The van der Waals surface area contributed by atoms with Crippen LogP contribution in [0.2, 0.25) is 0 Å². The minimum absolute atomic E-state index is 0.0538. The third-order valence-corrected chi connectivity index (χ3v) is 8.00. The zero-order valence-corrected chi connectivity index (χ0v) is 24.6. The summed E-state index contributed by atoms with van der Waals surface area (Å²) in [6.45, 7) is 5.13. The van der Waals surface area contributed by atoms with Gasteiger partial charge in [-0.2, -0.15) is 11.8 Å². The smallest absolute Gasteiger partial charge is 0.379 e. The number of unbranched alkanes of at least 4 members (excludes halogenated alkanes) is 1. The Morgan fingerprint density at radius 3 is 2.22 bits per heavy atom. The fraction of sp³-hybridized carbons (Fsp3) is 0.808. The molecular formula is C26H46N5O9S+. The molecule has 2 fully saturated rings. The molecule has 2 saturated heterocycles. The van der Waals surface area contributed by atoms with Crippen LogP contribution in [-0.2, 0) is 28.6 Å². The van der Waals surface area contributed by atoms with Crippen molar-refractivity contribution in [1.29, 1.82) is 0 Å². The highest BCUT2D eigenvalue weighted by Crippen LogP contribution is 2.33. The van der Waals surface area contributed by atoms with Crippen LogP contribution in [0.4, 0.5) is 4.79 Å². The van der Waals surface area contributed by atoms with E-state index in [1.807, 2.05) is 11.8 Å². The van der Waals surface area contributed by atoms with E-state index < -0.39 is 17.9 Å². The number of hydrogen-bond acceptors (Lipinski definition) is 8. The number of urea groups is 1. The standard InChI is InChI=1S/C26H45N5O9S/c1-18(32)27-8-4-10-38-12-14-40-15-13-39-11-5-9-28-23(34)16-19(25(35)36)29-22(33)7-3-2-6-21-24-20(17-41-21)30-26(37)31-24/h19-21,24H,2-17H2,1H3,(H,27,32)(H,28,34)(H,29,33)(H,35,36)(H2,30,31,37)/p+1. The number of fused-ring (bicyclic) bond motifs is 1. The zero-order valence-electron chi connectivity index (χ0n) is 23.8. The molecule has 15 heteroatoms. The molecule has 4 unspecified atom stereocenters. The number of carboxylic acid groups (broad SMARTS) is 1. The van der Waals surface area contributed by atoms with E-state index in [2.05, 4.69) is 26.6 Å². The highest BCUT2D eigenvalue weighted by Gasteiger charge is 2.42. The molecule has 0 radical (unpaired) electrons. The number of aliphatic carboxylic acids is 1. The summed E-state index contributed by atoms with van der Waals surface area (Å²) in [4.78, 5) is 56.2. The van der Waals surface area contributed by atoms with Crippen LogP contribution < -0.4 is 26.6 Å². The predicted molar refractivity (Wildman–Crippen MR) is 153 cm³/mol. The Bertz CT molecular complexity index is 850. The SMILES string of the molecule is CC(=O)NCCCOCCOCCOCCCNC(=O)CC(NC(=O)CCCCC1SCC2NC(=O)NC21)C(O)=[OH+]. The van der Waals surface area contributed by atoms with Crippen LogP contribution in [0.25, 0.3) is 0 Å². The van der Waals surface area contributed by atoms with Crippen LogP contribution in [0.15, 0.2) is 0 Å². The van der Waals surface area contributed by atoms with E-state index in [1.54, 1.807) is 0 Å². The summed E-state index contributed by atoms with van der Waals surface area (Å²) < 4.78 is 16.2. The minimum Gasteiger partial charge on any atom is -0.379 e. The lowest BCUT2D eigenvalue weighted by Gasteiger charge is -2.16. The monoisotopic (exact) mass is 604 g/mol. The molecular weight excluding hydrogens is 558 g/mol. The molecule has 41 heavy (non-hydrogen) atoms. The van der Waals surface area contributed by atoms with Gasteiger partial charge in [0.25, 0.3) is 0 Å². The Labute approximate surface area is 245 Å². The lowest BCUT2D eigenvalue weighted by atomic mass is 10.0. The van der Waals surface area contributed by atoms with E-state index >= 15 is 0 Å². The van der Waals surface area contributed by atoms with Gasteiger partial charge in [0.05, 0.1) is 44.9 Å². The van der Waals surface area contributed by atoms with Gasteiger partial charge in [0, 0.05) is 50.7 Å². The Balaban J connectivity index is 1.42. The highest BCUT2D eigenvalue weighted by molar-refractivity contribution is 8.00. The lowest BCUT2D eigenvalue weighted by molar-refractivity contribution is -0.123. The van der Waals surface area contributed by atoms with E-state index in [1.165, 1.54) is 6.92 Å². The van der Waals surface area contributed by atoms with Crippen LogP contribution in [0.5, 0.6) is 0 Å². The van der Waals surface area contributed by atoms with Crippen LogP contribution in [-0.4, -0.2) is 121 Å². The van der Waals surface area contributed by atoms with Crippen LogP contribution in [0.1, 0.15) is 51.9 Å². The molecule has 0 aromatic rings. The average molecular weight is 605 g/mol. The maximum Gasteiger partial charge on any atom is 0.504 e. The molecule has 0 spiro atoms. The highest BCUT2D eigenvalue weighted by atomic mass is 32.2. The molecule has 4 atom stereocenters. The van der Waals surface area contributed by atoms with Crippen LogP contribution >= 0.6 is 11.8 Å². The van der Waals surface area contributed by atoms with Gasteiger partial charge in [0.15, 0.2) is 6.04 Å². The molecule has 2 aliphatic heterocycles. The summed E-state index contributed by atoms with van der Waals surface area (Å²) in [7, 11) is 0. The van der Waals surface area contributed by atoms with Crippen molar-refractivity contribution in [1.82, 2.24) is 26.6 Å². The summed E-state index contributed by atoms with van der Waals surface area (Å²) in [5.41, 5.74) is 0. The lowest BCUT2D eigenvalue weighted by Crippen LogP contribution is -2.44. The number of thioether (sulfide) groups is 1. The first-order valence-electron chi connectivity index (χ1n) is 14.2. The first kappa shape index (κ1) is 34.6. The molecule has 5 amide bonds. The normalized spacial score (nSPS) is 20.0. The van der Waals surface area contributed by atoms with Gasteiger partial charge in [0.1, 0.15) is 0 Å². The molecule has 0 aromatic heterocycles.